The topological polar surface area (TPSA) is 49.3 Å². The van der Waals surface area contributed by atoms with E-state index in [4.69, 9.17) is 5.11 Å². The van der Waals surface area contributed by atoms with Crippen LogP contribution in [0.4, 0.5) is 8.78 Å². The third kappa shape index (κ3) is 3.99. The number of hydrogen-bond donors (Lipinski definition) is 2. The Morgan fingerprint density at radius 3 is 2.95 bits per heavy atom. The van der Waals surface area contributed by atoms with E-state index in [-0.39, 0.29) is 18.4 Å². The molecule has 2 N–H and O–H groups in total. The maximum absolute atomic E-state index is 13.5. The summed E-state index contributed by atoms with van der Waals surface area (Å²) in [6.07, 6.45) is 2.03. The van der Waals surface area contributed by atoms with Crippen molar-refractivity contribution in [1.82, 2.24) is 5.32 Å². The quantitative estimate of drug-likeness (QED) is 0.882. The molecule has 2 atom stereocenters. The van der Waals surface area contributed by atoms with Crippen molar-refractivity contribution in [2.24, 2.45) is 5.92 Å². The average molecular weight is 269 g/mol. The molecule has 0 aliphatic carbocycles. The molecule has 0 saturated carbocycles. The number of piperidine rings is 1. The molecule has 5 heteroatoms. The minimum atomic E-state index is -0.803. The van der Waals surface area contributed by atoms with E-state index in [0.717, 1.165) is 25.1 Å². The number of carboxylic acids is 1. The molecule has 1 saturated heterocycles. The highest BCUT2D eigenvalue weighted by molar-refractivity contribution is 5.67. The lowest BCUT2D eigenvalue weighted by Crippen LogP contribution is -2.40. The number of hydrogen-bond acceptors (Lipinski definition) is 2. The molecule has 1 aromatic carbocycles. The third-order valence-electron chi connectivity index (χ3n) is 3.54. The monoisotopic (exact) mass is 269 g/mol. The van der Waals surface area contributed by atoms with Crippen LogP contribution in [0.5, 0.6) is 0 Å². The maximum Gasteiger partial charge on any atom is 0.303 e. The van der Waals surface area contributed by atoms with E-state index in [2.05, 4.69) is 5.32 Å². The van der Waals surface area contributed by atoms with Gasteiger partial charge >= 0.3 is 5.97 Å². The Balaban J connectivity index is 1.98. The van der Waals surface area contributed by atoms with Gasteiger partial charge in [-0.25, -0.2) is 8.78 Å². The van der Waals surface area contributed by atoms with E-state index in [9.17, 15) is 13.6 Å². The van der Waals surface area contributed by atoms with Crippen LogP contribution in [-0.4, -0.2) is 23.7 Å². The van der Waals surface area contributed by atoms with Gasteiger partial charge in [0.1, 0.15) is 11.6 Å². The van der Waals surface area contributed by atoms with Gasteiger partial charge in [0.2, 0.25) is 0 Å². The summed E-state index contributed by atoms with van der Waals surface area (Å²) in [5, 5.41) is 12.0. The Morgan fingerprint density at radius 2 is 2.21 bits per heavy atom. The molecule has 0 spiro atoms. The van der Waals surface area contributed by atoms with Gasteiger partial charge in [0, 0.05) is 12.5 Å². The lowest BCUT2D eigenvalue weighted by Gasteiger charge is -2.29. The average Bonchev–Trinajstić information content (AvgIpc) is 2.33. The molecule has 1 aromatic rings. The van der Waals surface area contributed by atoms with Crippen molar-refractivity contribution in [1.29, 1.82) is 0 Å². The normalized spacial score (nSPS) is 23.3. The fourth-order valence-electron chi connectivity index (χ4n) is 2.65. The van der Waals surface area contributed by atoms with Crippen LogP contribution >= 0.6 is 0 Å². The van der Waals surface area contributed by atoms with Gasteiger partial charge in [0.05, 0.1) is 0 Å². The number of carbonyl (C=O) groups is 1. The van der Waals surface area contributed by atoms with Crippen molar-refractivity contribution in [3.63, 3.8) is 0 Å². The van der Waals surface area contributed by atoms with E-state index in [1.165, 1.54) is 6.07 Å². The number of aliphatic carboxylic acids is 1. The second-order valence-electron chi connectivity index (χ2n) is 5.08. The molecular weight excluding hydrogens is 252 g/mol. The number of halogens is 2. The van der Waals surface area contributed by atoms with Crippen LogP contribution in [0.2, 0.25) is 0 Å². The van der Waals surface area contributed by atoms with E-state index in [1.54, 1.807) is 0 Å². The summed E-state index contributed by atoms with van der Waals surface area (Å²) in [6, 6.07) is 3.44. The smallest absolute Gasteiger partial charge is 0.303 e. The highest BCUT2D eigenvalue weighted by Crippen LogP contribution is 2.23. The summed E-state index contributed by atoms with van der Waals surface area (Å²) in [6.45, 7) is 0.722. The molecule has 2 unspecified atom stereocenters. The molecule has 1 heterocycles. The molecule has 104 valence electrons. The number of nitrogens with one attached hydrogen (secondary N) is 1. The minimum Gasteiger partial charge on any atom is -0.481 e. The molecule has 1 aliphatic heterocycles. The first-order valence-electron chi connectivity index (χ1n) is 6.43. The van der Waals surface area contributed by atoms with Crippen molar-refractivity contribution in [2.45, 2.75) is 31.7 Å². The number of rotatable bonds is 4. The Labute approximate surface area is 110 Å². The molecule has 0 amide bonds. The summed E-state index contributed by atoms with van der Waals surface area (Å²) < 4.78 is 26.6. The van der Waals surface area contributed by atoms with Gasteiger partial charge in [0.25, 0.3) is 0 Å². The predicted molar refractivity (Wildman–Crippen MR) is 66.8 cm³/mol. The second kappa shape index (κ2) is 6.10. The van der Waals surface area contributed by atoms with Crippen molar-refractivity contribution in [3.8, 4) is 0 Å². The first-order valence-corrected chi connectivity index (χ1v) is 6.43. The lowest BCUT2D eigenvalue weighted by molar-refractivity contribution is -0.138. The van der Waals surface area contributed by atoms with Gasteiger partial charge in [-0.15, -0.1) is 0 Å². The highest BCUT2D eigenvalue weighted by atomic mass is 19.1. The maximum atomic E-state index is 13.5. The van der Waals surface area contributed by atoms with E-state index < -0.39 is 17.6 Å². The zero-order chi connectivity index (χ0) is 13.8. The number of carboxylic acid groups (broad SMARTS) is 1. The summed E-state index contributed by atoms with van der Waals surface area (Å²) in [7, 11) is 0. The van der Waals surface area contributed by atoms with Gasteiger partial charge in [-0.3, -0.25) is 4.79 Å². The molecule has 19 heavy (non-hydrogen) atoms. The van der Waals surface area contributed by atoms with Gasteiger partial charge in [-0.1, -0.05) is 0 Å². The molecule has 2 rings (SSSR count). The Bertz CT molecular complexity index is 465. The molecule has 0 radical (unpaired) electrons. The summed E-state index contributed by atoms with van der Waals surface area (Å²) in [4.78, 5) is 10.7. The van der Waals surface area contributed by atoms with E-state index in [1.807, 2.05) is 0 Å². The SMILES string of the molecule is O=C(O)CC1CCNC(Cc2cc(F)ccc2F)C1. The Morgan fingerprint density at radius 1 is 1.42 bits per heavy atom. The van der Waals surface area contributed by atoms with Crippen molar-refractivity contribution in [2.75, 3.05) is 6.54 Å². The lowest BCUT2D eigenvalue weighted by atomic mass is 9.87. The zero-order valence-electron chi connectivity index (χ0n) is 10.5. The van der Waals surface area contributed by atoms with Gasteiger partial charge in [-0.05, 0) is 55.5 Å². The molecule has 1 fully saturated rings. The van der Waals surface area contributed by atoms with Crippen molar-refractivity contribution < 1.29 is 18.7 Å². The van der Waals surface area contributed by atoms with Crippen LogP contribution in [0.25, 0.3) is 0 Å². The van der Waals surface area contributed by atoms with Crippen molar-refractivity contribution >= 4 is 5.97 Å². The molecular formula is C14H17F2NO2. The van der Waals surface area contributed by atoms with Gasteiger partial charge < -0.3 is 10.4 Å². The van der Waals surface area contributed by atoms with Crippen LogP contribution in [0.1, 0.15) is 24.8 Å². The summed E-state index contributed by atoms with van der Waals surface area (Å²) in [5.41, 5.74) is 0.341. The van der Waals surface area contributed by atoms with E-state index >= 15 is 0 Å². The molecule has 1 aliphatic rings. The first kappa shape index (κ1) is 13.9. The largest absolute Gasteiger partial charge is 0.481 e. The van der Waals surface area contributed by atoms with Gasteiger partial charge in [-0.2, -0.15) is 0 Å². The van der Waals surface area contributed by atoms with Gasteiger partial charge in [0.15, 0.2) is 0 Å². The third-order valence-corrected chi connectivity index (χ3v) is 3.54. The van der Waals surface area contributed by atoms with Crippen LogP contribution < -0.4 is 5.32 Å². The first-order chi connectivity index (χ1) is 9.04. The summed E-state index contributed by atoms with van der Waals surface area (Å²) in [5.74, 6) is -1.55. The second-order valence-corrected chi connectivity index (χ2v) is 5.08. The number of benzene rings is 1. The van der Waals surface area contributed by atoms with E-state index in [0.29, 0.717) is 18.4 Å². The fraction of sp³-hybridized carbons (Fsp3) is 0.500. The van der Waals surface area contributed by atoms with Crippen LogP contribution in [0.15, 0.2) is 18.2 Å². The standard InChI is InChI=1S/C14H17F2NO2/c15-11-1-2-13(16)10(7-11)8-12-5-9(3-4-17-12)6-14(18)19/h1-2,7,9,12,17H,3-6,8H2,(H,18,19). The summed E-state index contributed by atoms with van der Waals surface area (Å²) >= 11 is 0. The fourth-order valence-corrected chi connectivity index (χ4v) is 2.65. The van der Waals surface area contributed by atoms with Crippen LogP contribution in [0.3, 0.4) is 0 Å². The van der Waals surface area contributed by atoms with Crippen molar-refractivity contribution in [3.05, 3.63) is 35.4 Å². The molecule has 0 bridgehead atoms. The molecule has 3 nitrogen and oxygen atoms in total. The van der Waals surface area contributed by atoms with Crippen LogP contribution in [-0.2, 0) is 11.2 Å². The predicted octanol–water partition coefficient (Wildman–Crippen LogP) is 2.35. The minimum absolute atomic E-state index is 0.00870. The Kier molecular flexibility index (Phi) is 4.47. The van der Waals surface area contributed by atoms with Crippen LogP contribution in [0, 0.1) is 17.6 Å². The zero-order valence-corrected chi connectivity index (χ0v) is 10.5. The Hall–Kier alpha value is -1.49. The highest BCUT2D eigenvalue weighted by Gasteiger charge is 2.24. The molecule has 0 aromatic heterocycles.